The third-order valence-corrected chi connectivity index (χ3v) is 6.04. The molecular formula is C21H35N5O7. The highest BCUT2D eigenvalue weighted by Gasteiger charge is 2.39. The number of hydrogen-bond acceptors (Lipinski definition) is 7. The van der Waals surface area contributed by atoms with E-state index in [1.165, 1.54) is 4.90 Å². The second-order valence-corrected chi connectivity index (χ2v) is 8.52. The number of carboxylic acid groups (broad SMARTS) is 2. The molecule has 0 aromatic carbocycles. The van der Waals surface area contributed by atoms with Crippen LogP contribution in [0.2, 0.25) is 0 Å². The molecule has 7 N–H and O–H groups in total. The SMILES string of the molecule is NCCCCC(NC(=O)C1CCCN1C(=O)C(CCC(=O)O)NC(=O)C1CCCN1)C(=O)O. The molecule has 2 aliphatic rings. The number of aliphatic carboxylic acids is 2. The van der Waals surface area contributed by atoms with Gasteiger partial charge in [0.2, 0.25) is 17.7 Å². The summed E-state index contributed by atoms with van der Waals surface area (Å²) in [6.07, 6.45) is 3.33. The number of hydrogen-bond donors (Lipinski definition) is 6. The van der Waals surface area contributed by atoms with Crippen LogP contribution in [-0.2, 0) is 24.0 Å². The fourth-order valence-corrected chi connectivity index (χ4v) is 4.23. The Morgan fingerprint density at radius 2 is 1.70 bits per heavy atom. The number of carboxylic acids is 2. The van der Waals surface area contributed by atoms with Crippen LogP contribution in [0.25, 0.3) is 0 Å². The summed E-state index contributed by atoms with van der Waals surface area (Å²) >= 11 is 0. The number of nitrogens with one attached hydrogen (secondary N) is 3. The molecule has 2 heterocycles. The zero-order valence-corrected chi connectivity index (χ0v) is 18.8. The minimum Gasteiger partial charge on any atom is -0.481 e. The number of likely N-dealkylation sites (tertiary alicyclic amines) is 1. The molecule has 0 spiro atoms. The van der Waals surface area contributed by atoms with E-state index in [0.29, 0.717) is 45.2 Å². The van der Waals surface area contributed by atoms with Gasteiger partial charge in [-0.1, -0.05) is 0 Å². The van der Waals surface area contributed by atoms with Gasteiger partial charge in [0.1, 0.15) is 18.1 Å². The molecule has 0 saturated carbocycles. The van der Waals surface area contributed by atoms with Crippen LogP contribution in [0.3, 0.4) is 0 Å². The van der Waals surface area contributed by atoms with E-state index in [4.69, 9.17) is 10.8 Å². The predicted molar refractivity (Wildman–Crippen MR) is 117 cm³/mol. The molecule has 2 saturated heterocycles. The first-order chi connectivity index (χ1) is 15.7. The summed E-state index contributed by atoms with van der Waals surface area (Å²) < 4.78 is 0. The Labute approximate surface area is 192 Å². The lowest BCUT2D eigenvalue weighted by Crippen LogP contribution is -2.56. The summed E-state index contributed by atoms with van der Waals surface area (Å²) in [5.41, 5.74) is 5.44. The summed E-state index contributed by atoms with van der Waals surface area (Å²) in [4.78, 5) is 62.5. The smallest absolute Gasteiger partial charge is 0.326 e. The van der Waals surface area contributed by atoms with Crippen LogP contribution in [0.5, 0.6) is 0 Å². The molecule has 2 fully saturated rings. The van der Waals surface area contributed by atoms with E-state index in [1.54, 1.807) is 0 Å². The summed E-state index contributed by atoms with van der Waals surface area (Å²) in [5, 5.41) is 26.7. The van der Waals surface area contributed by atoms with Gasteiger partial charge in [-0.25, -0.2) is 4.79 Å². The average Bonchev–Trinajstić information content (AvgIpc) is 3.47. The molecule has 0 aromatic rings. The molecule has 0 radical (unpaired) electrons. The van der Waals surface area contributed by atoms with Gasteiger partial charge in [-0.3, -0.25) is 19.2 Å². The van der Waals surface area contributed by atoms with Crippen molar-refractivity contribution in [1.29, 1.82) is 0 Å². The van der Waals surface area contributed by atoms with Crippen molar-refractivity contribution in [3.05, 3.63) is 0 Å². The fourth-order valence-electron chi connectivity index (χ4n) is 4.23. The number of unbranched alkanes of at least 4 members (excludes halogenated alkanes) is 1. The van der Waals surface area contributed by atoms with E-state index >= 15 is 0 Å². The predicted octanol–water partition coefficient (Wildman–Crippen LogP) is -1.22. The van der Waals surface area contributed by atoms with Crippen molar-refractivity contribution >= 4 is 29.7 Å². The quantitative estimate of drug-likeness (QED) is 0.179. The number of carbonyl (C=O) groups is 5. The molecule has 0 bridgehead atoms. The first-order valence-electron chi connectivity index (χ1n) is 11.5. The summed E-state index contributed by atoms with van der Waals surface area (Å²) in [6.45, 7) is 1.38. The minimum absolute atomic E-state index is 0.103. The van der Waals surface area contributed by atoms with Crippen molar-refractivity contribution in [2.24, 2.45) is 5.73 Å². The van der Waals surface area contributed by atoms with E-state index in [1.807, 2.05) is 0 Å². The zero-order chi connectivity index (χ0) is 24.4. The molecule has 4 unspecified atom stereocenters. The van der Waals surface area contributed by atoms with E-state index in [0.717, 1.165) is 6.42 Å². The maximum absolute atomic E-state index is 13.2. The second kappa shape index (κ2) is 13.1. The third-order valence-electron chi connectivity index (χ3n) is 6.04. The Bertz CT molecular complexity index is 726. The van der Waals surface area contributed by atoms with Crippen LogP contribution in [0, 0.1) is 0 Å². The van der Waals surface area contributed by atoms with E-state index in [2.05, 4.69) is 16.0 Å². The Morgan fingerprint density at radius 3 is 2.30 bits per heavy atom. The van der Waals surface area contributed by atoms with Crippen LogP contribution in [0.15, 0.2) is 0 Å². The Morgan fingerprint density at radius 1 is 0.970 bits per heavy atom. The highest BCUT2D eigenvalue weighted by atomic mass is 16.4. The second-order valence-electron chi connectivity index (χ2n) is 8.52. The monoisotopic (exact) mass is 469 g/mol. The third kappa shape index (κ3) is 7.97. The highest BCUT2D eigenvalue weighted by molar-refractivity contribution is 5.94. The molecule has 0 aliphatic carbocycles. The molecule has 0 aromatic heterocycles. The first-order valence-corrected chi connectivity index (χ1v) is 11.5. The van der Waals surface area contributed by atoms with Crippen LogP contribution >= 0.6 is 0 Å². The molecule has 4 atom stereocenters. The van der Waals surface area contributed by atoms with Crippen LogP contribution in [-0.4, -0.2) is 88.6 Å². The van der Waals surface area contributed by atoms with Gasteiger partial charge in [0, 0.05) is 13.0 Å². The zero-order valence-electron chi connectivity index (χ0n) is 18.8. The van der Waals surface area contributed by atoms with Crippen molar-refractivity contribution in [3.8, 4) is 0 Å². The summed E-state index contributed by atoms with van der Waals surface area (Å²) in [5.74, 6) is -3.73. The number of rotatable bonds is 13. The van der Waals surface area contributed by atoms with Gasteiger partial charge in [0.25, 0.3) is 0 Å². The Hall–Kier alpha value is -2.73. The molecule has 33 heavy (non-hydrogen) atoms. The van der Waals surface area contributed by atoms with Gasteiger partial charge in [0.15, 0.2) is 0 Å². The normalized spacial score (nSPS) is 21.9. The lowest BCUT2D eigenvalue weighted by atomic mass is 10.1. The van der Waals surface area contributed by atoms with Crippen LogP contribution in [0.4, 0.5) is 0 Å². The van der Waals surface area contributed by atoms with Crippen molar-refractivity contribution < 1.29 is 34.2 Å². The van der Waals surface area contributed by atoms with E-state index in [-0.39, 0.29) is 31.7 Å². The number of carbonyl (C=O) groups excluding carboxylic acids is 3. The van der Waals surface area contributed by atoms with Gasteiger partial charge in [-0.15, -0.1) is 0 Å². The lowest BCUT2D eigenvalue weighted by Gasteiger charge is -2.30. The van der Waals surface area contributed by atoms with Crippen molar-refractivity contribution in [3.63, 3.8) is 0 Å². The number of amides is 3. The van der Waals surface area contributed by atoms with Crippen LogP contribution in [0.1, 0.15) is 57.8 Å². The maximum Gasteiger partial charge on any atom is 0.326 e. The number of nitrogens with zero attached hydrogens (tertiary/aromatic N) is 1. The Kier molecular flexibility index (Phi) is 10.5. The van der Waals surface area contributed by atoms with Gasteiger partial charge in [-0.05, 0) is 64.5 Å². The van der Waals surface area contributed by atoms with E-state index in [9.17, 15) is 29.1 Å². The Balaban J connectivity index is 2.06. The minimum atomic E-state index is -1.16. The lowest BCUT2D eigenvalue weighted by molar-refractivity contribution is -0.145. The van der Waals surface area contributed by atoms with Gasteiger partial charge in [0.05, 0.1) is 6.04 Å². The van der Waals surface area contributed by atoms with E-state index < -0.39 is 47.9 Å². The fraction of sp³-hybridized carbons (Fsp3) is 0.762. The first kappa shape index (κ1) is 26.5. The molecule has 12 heteroatoms. The maximum atomic E-state index is 13.2. The van der Waals surface area contributed by atoms with Crippen molar-refractivity contribution in [2.75, 3.05) is 19.6 Å². The van der Waals surface area contributed by atoms with Crippen molar-refractivity contribution in [2.45, 2.75) is 82.0 Å². The summed E-state index contributed by atoms with van der Waals surface area (Å²) in [6, 6.07) is -3.47. The van der Waals surface area contributed by atoms with Crippen molar-refractivity contribution in [1.82, 2.24) is 20.9 Å². The molecule has 2 aliphatic heterocycles. The summed E-state index contributed by atoms with van der Waals surface area (Å²) in [7, 11) is 0. The molecule has 2 rings (SSSR count). The largest absolute Gasteiger partial charge is 0.481 e. The molecule has 186 valence electrons. The average molecular weight is 470 g/mol. The molecular weight excluding hydrogens is 434 g/mol. The highest BCUT2D eigenvalue weighted by Crippen LogP contribution is 2.20. The van der Waals surface area contributed by atoms with Crippen LogP contribution < -0.4 is 21.7 Å². The van der Waals surface area contributed by atoms with Gasteiger partial charge in [-0.2, -0.15) is 0 Å². The molecule has 3 amide bonds. The molecule has 12 nitrogen and oxygen atoms in total. The standard InChI is InChI=1S/C21H35N5O7/c22-10-2-1-5-15(21(32)33)25-19(30)16-7-4-12-26(16)20(31)14(8-9-17(27)28)24-18(29)13-6-3-11-23-13/h13-16,23H,1-12,22H2,(H,24,29)(H,25,30)(H,27,28)(H,32,33). The topological polar surface area (TPSA) is 191 Å². The number of nitrogens with two attached hydrogens (primary N) is 1. The van der Waals surface area contributed by atoms with Gasteiger partial charge < -0.3 is 36.8 Å². The van der Waals surface area contributed by atoms with Gasteiger partial charge >= 0.3 is 11.9 Å².